The molecule has 0 N–H and O–H groups in total. The molecule has 0 radical (unpaired) electrons. The van der Waals surface area contributed by atoms with E-state index >= 15 is 0 Å². The number of rotatable bonds is 4. The molecule has 28 heavy (non-hydrogen) atoms. The lowest BCUT2D eigenvalue weighted by Crippen LogP contribution is -2.01. The Hall–Kier alpha value is -3.26. The van der Waals surface area contributed by atoms with Crippen molar-refractivity contribution in [1.29, 1.82) is 0 Å². The van der Waals surface area contributed by atoms with Gasteiger partial charge in [-0.05, 0) is 31.4 Å². The average molecular weight is 364 g/mol. The van der Waals surface area contributed by atoms with Gasteiger partial charge in [-0.2, -0.15) is 0 Å². The summed E-state index contributed by atoms with van der Waals surface area (Å²) in [6, 6.07) is 27.4. The molecule has 138 valence electrons. The van der Waals surface area contributed by atoms with E-state index in [1.54, 1.807) is 0 Å². The molecule has 0 aliphatic carbocycles. The van der Waals surface area contributed by atoms with Gasteiger partial charge in [0.1, 0.15) is 0 Å². The summed E-state index contributed by atoms with van der Waals surface area (Å²) in [5.41, 5.74) is 8.95. The van der Waals surface area contributed by atoms with Crippen LogP contribution in [0.3, 0.4) is 0 Å². The zero-order valence-electron chi connectivity index (χ0n) is 16.6. The maximum atomic E-state index is 5.00. The number of aryl methyl sites for hydroxylation is 2. The molecular weight excluding hydrogens is 340 g/mol. The predicted octanol–water partition coefficient (Wildman–Crippen LogP) is 6.66. The minimum atomic E-state index is 0.769. The van der Waals surface area contributed by atoms with Gasteiger partial charge in [-0.1, -0.05) is 85.8 Å². The first-order valence-electron chi connectivity index (χ1n) is 9.76. The molecule has 1 aromatic heterocycles. The summed E-state index contributed by atoms with van der Waals surface area (Å²) in [4.78, 5) is 9.98. The molecule has 0 aliphatic heterocycles. The fourth-order valence-corrected chi connectivity index (χ4v) is 3.51. The van der Waals surface area contributed by atoms with Crippen LogP contribution in [0.25, 0.3) is 33.9 Å². The summed E-state index contributed by atoms with van der Waals surface area (Å²) in [5, 5.41) is 0. The van der Waals surface area contributed by atoms with Gasteiger partial charge in [0, 0.05) is 22.3 Å². The fourth-order valence-electron chi connectivity index (χ4n) is 3.51. The van der Waals surface area contributed by atoms with Crippen LogP contribution in [0.4, 0.5) is 0 Å². The Bertz CT molecular complexity index is 1100. The number of benzene rings is 3. The summed E-state index contributed by atoms with van der Waals surface area (Å²) < 4.78 is 0. The van der Waals surface area contributed by atoms with Crippen molar-refractivity contribution >= 4 is 0 Å². The molecule has 0 bridgehead atoms. The molecule has 0 spiro atoms. The Labute approximate surface area is 167 Å². The van der Waals surface area contributed by atoms with Crippen LogP contribution in [0.15, 0.2) is 78.9 Å². The second-order valence-corrected chi connectivity index (χ2v) is 7.10. The van der Waals surface area contributed by atoms with Crippen molar-refractivity contribution in [1.82, 2.24) is 9.97 Å². The monoisotopic (exact) mass is 364 g/mol. The van der Waals surface area contributed by atoms with E-state index in [1.807, 2.05) is 6.07 Å². The Kier molecular flexibility index (Phi) is 5.03. The highest BCUT2D eigenvalue weighted by atomic mass is 14.9. The van der Waals surface area contributed by atoms with E-state index < -0.39 is 0 Å². The van der Waals surface area contributed by atoms with E-state index in [0.717, 1.165) is 45.9 Å². The Morgan fingerprint density at radius 2 is 1.29 bits per heavy atom. The summed E-state index contributed by atoms with van der Waals surface area (Å²) >= 11 is 0. The number of hydrogen-bond acceptors (Lipinski definition) is 2. The van der Waals surface area contributed by atoms with Gasteiger partial charge < -0.3 is 0 Å². The van der Waals surface area contributed by atoms with E-state index in [-0.39, 0.29) is 0 Å². The molecule has 3 aromatic carbocycles. The van der Waals surface area contributed by atoms with Gasteiger partial charge in [0.15, 0.2) is 5.82 Å². The van der Waals surface area contributed by atoms with Crippen LogP contribution in [0, 0.1) is 13.8 Å². The topological polar surface area (TPSA) is 25.8 Å². The molecule has 1 heterocycles. The lowest BCUT2D eigenvalue weighted by atomic mass is 9.98. The van der Waals surface area contributed by atoms with Gasteiger partial charge >= 0.3 is 0 Å². The van der Waals surface area contributed by atoms with Crippen LogP contribution in [0.1, 0.15) is 23.6 Å². The van der Waals surface area contributed by atoms with Crippen molar-refractivity contribution < 1.29 is 0 Å². The third-order valence-electron chi connectivity index (χ3n) is 5.21. The van der Waals surface area contributed by atoms with Crippen molar-refractivity contribution in [3.8, 4) is 33.9 Å². The quantitative estimate of drug-likeness (QED) is 0.405. The summed E-state index contributed by atoms with van der Waals surface area (Å²) in [5.74, 6) is 0.769. The van der Waals surface area contributed by atoms with Gasteiger partial charge in [-0.15, -0.1) is 0 Å². The number of nitrogens with zero attached hydrogens (tertiary/aromatic N) is 2. The minimum Gasteiger partial charge on any atom is -0.228 e. The lowest BCUT2D eigenvalue weighted by molar-refractivity contribution is 1.12. The molecule has 2 nitrogen and oxygen atoms in total. The van der Waals surface area contributed by atoms with Gasteiger partial charge in [0.25, 0.3) is 0 Å². The maximum absolute atomic E-state index is 5.00. The highest BCUT2D eigenvalue weighted by molar-refractivity contribution is 5.77. The second-order valence-electron chi connectivity index (χ2n) is 7.10. The molecule has 4 rings (SSSR count). The van der Waals surface area contributed by atoms with Crippen LogP contribution >= 0.6 is 0 Å². The zero-order chi connectivity index (χ0) is 19.5. The summed E-state index contributed by atoms with van der Waals surface area (Å²) in [6.45, 7) is 6.42. The van der Waals surface area contributed by atoms with Gasteiger partial charge in [-0.25, -0.2) is 9.97 Å². The fraction of sp³-hybridized carbons (Fsp3) is 0.154. The molecule has 0 unspecified atom stereocenters. The van der Waals surface area contributed by atoms with Gasteiger partial charge in [0.05, 0.1) is 11.4 Å². The Morgan fingerprint density at radius 3 is 1.96 bits per heavy atom. The molecule has 0 atom stereocenters. The van der Waals surface area contributed by atoms with E-state index in [1.165, 1.54) is 11.1 Å². The first kappa shape index (κ1) is 18.1. The van der Waals surface area contributed by atoms with Crippen LogP contribution in [0.5, 0.6) is 0 Å². The van der Waals surface area contributed by atoms with Crippen LogP contribution in [-0.2, 0) is 6.42 Å². The third-order valence-corrected chi connectivity index (χ3v) is 5.21. The first-order valence-corrected chi connectivity index (χ1v) is 9.76. The molecule has 0 saturated heterocycles. The summed E-state index contributed by atoms with van der Waals surface area (Å²) in [7, 11) is 0. The third kappa shape index (κ3) is 3.46. The highest BCUT2D eigenvalue weighted by Crippen LogP contribution is 2.33. The first-order chi connectivity index (χ1) is 13.7. The number of aromatic nitrogens is 2. The van der Waals surface area contributed by atoms with Crippen LogP contribution in [-0.4, -0.2) is 9.97 Å². The van der Waals surface area contributed by atoms with E-state index in [2.05, 4.69) is 93.6 Å². The molecule has 0 aliphatic rings. The maximum Gasteiger partial charge on any atom is 0.160 e. The van der Waals surface area contributed by atoms with Crippen molar-refractivity contribution in [3.05, 3.63) is 95.6 Å². The lowest BCUT2D eigenvalue weighted by Gasteiger charge is -2.15. The second kappa shape index (κ2) is 7.77. The largest absolute Gasteiger partial charge is 0.228 e. The van der Waals surface area contributed by atoms with Gasteiger partial charge in [-0.3, -0.25) is 0 Å². The number of hydrogen-bond donors (Lipinski definition) is 0. The molecular formula is C26H24N2. The molecule has 0 amide bonds. The zero-order valence-corrected chi connectivity index (χ0v) is 16.6. The van der Waals surface area contributed by atoms with Crippen molar-refractivity contribution in [2.45, 2.75) is 27.2 Å². The average Bonchev–Trinajstić information content (AvgIpc) is 2.75. The van der Waals surface area contributed by atoms with Crippen LogP contribution in [0.2, 0.25) is 0 Å². The van der Waals surface area contributed by atoms with E-state index in [4.69, 9.17) is 9.97 Å². The van der Waals surface area contributed by atoms with E-state index in [0.29, 0.717) is 0 Å². The van der Waals surface area contributed by atoms with Crippen molar-refractivity contribution in [3.63, 3.8) is 0 Å². The molecule has 2 heteroatoms. The molecule has 0 fully saturated rings. The van der Waals surface area contributed by atoms with Crippen LogP contribution < -0.4 is 0 Å². The summed E-state index contributed by atoms with van der Waals surface area (Å²) in [6.07, 6.45) is 1.03. The predicted molar refractivity (Wildman–Crippen MR) is 117 cm³/mol. The van der Waals surface area contributed by atoms with Gasteiger partial charge in [0.2, 0.25) is 0 Å². The molecule has 0 saturated carbocycles. The minimum absolute atomic E-state index is 0.769. The molecule has 4 aromatic rings. The SMILES string of the molecule is CCc1ccc(-c2nc(-c3ccccc3)c(C)c(-c3ccccc3C)n2)cc1. The Balaban J connectivity index is 1.96. The smallest absolute Gasteiger partial charge is 0.160 e. The normalized spacial score (nSPS) is 10.8. The van der Waals surface area contributed by atoms with Crippen molar-refractivity contribution in [2.75, 3.05) is 0 Å². The standard InChI is InChI=1S/C26H24N2/c1-4-20-14-16-22(17-15-20)26-27-24(21-11-6-5-7-12-21)19(3)25(28-26)23-13-9-8-10-18(23)2/h5-17H,4H2,1-3H3. The van der Waals surface area contributed by atoms with Crippen molar-refractivity contribution in [2.24, 2.45) is 0 Å². The van der Waals surface area contributed by atoms with E-state index in [9.17, 15) is 0 Å². The highest BCUT2D eigenvalue weighted by Gasteiger charge is 2.16. The Morgan fingerprint density at radius 1 is 0.643 bits per heavy atom.